The minimum Gasteiger partial charge on any atom is -0.311 e. The van der Waals surface area contributed by atoms with Gasteiger partial charge in [0.25, 0.3) is 5.91 Å². The van der Waals surface area contributed by atoms with Crippen LogP contribution in [0, 0.1) is 11.6 Å². The normalized spacial score (nSPS) is 10.3. The molecule has 5 heteroatoms. The summed E-state index contributed by atoms with van der Waals surface area (Å²) in [5, 5.41) is 0. The summed E-state index contributed by atoms with van der Waals surface area (Å²) in [6, 6.07) is 10.0. The second kappa shape index (κ2) is 5.40. The molecule has 0 N–H and O–H groups in total. The summed E-state index contributed by atoms with van der Waals surface area (Å²) in [5.41, 5.74) is -0.0228. The lowest BCUT2D eigenvalue weighted by molar-refractivity contribution is 0.0985. The zero-order valence-electron chi connectivity index (χ0n) is 10.1. The number of carbonyl (C=O) groups is 1. The van der Waals surface area contributed by atoms with E-state index in [9.17, 15) is 13.6 Å². The van der Waals surface area contributed by atoms with Crippen molar-refractivity contribution in [2.24, 2.45) is 0 Å². The minimum absolute atomic E-state index is 0.533. The van der Waals surface area contributed by atoms with E-state index in [0.717, 1.165) is 17.0 Å². The van der Waals surface area contributed by atoms with Gasteiger partial charge in [-0.1, -0.05) is 6.07 Å². The van der Waals surface area contributed by atoms with Crippen LogP contribution in [0.5, 0.6) is 0 Å². The Morgan fingerprint density at radius 2 is 1.58 bits per heavy atom. The molecule has 1 amide bonds. The maximum absolute atomic E-state index is 13.5. The molecule has 2 rings (SSSR count). The van der Waals surface area contributed by atoms with Crippen LogP contribution in [0.2, 0.25) is 0 Å². The topological polar surface area (TPSA) is 20.3 Å². The molecule has 19 heavy (non-hydrogen) atoms. The highest BCUT2D eigenvalue weighted by molar-refractivity contribution is 7.80. The monoisotopic (exact) mass is 279 g/mol. The summed E-state index contributed by atoms with van der Waals surface area (Å²) >= 11 is 4.13. The molecular weight excluding hydrogens is 268 g/mol. The second-order valence-corrected chi connectivity index (χ2v) is 4.49. The summed E-state index contributed by atoms with van der Waals surface area (Å²) in [4.78, 5) is 14.0. The van der Waals surface area contributed by atoms with Crippen LogP contribution in [0.15, 0.2) is 47.4 Å². The van der Waals surface area contributed by atoms with Gasteiger partial charge >= 0.3 is 0 Å². The third-order valence-electron chi connectivity index (χ3n) is 2.72. The Balaban J connectivity index is 2.36. The number of benzene rings is 2. The first-order valence-corrected chi connectivity index (χ1v) is 5.96. The molecular formula is C14H11F2NOS. The van der Waals surface area contributed by atoms with E-state index in [4.69, 9.17) is 0 Å². The second-order valence-electron chi connectivity index (χ2n) is 3.98. The first-order valence-electron chi connectivity index (χ1n) is 5.52. The fraction of sp³-hybridized carbons (Fsp3) is 0.0714. The zero-order chi connectivity index (χ0) is 14.0. The molecule has 2 aromatic carbocycles. The summed E-state index contributed by atoms with van der Waals surface area (Å²) in [6.45, 7) is 0. The highest BCUT2D eigenvalue weighted by Gasteiger charge is 2.21. The minimum atomic E-state index is -0.873. The van der Waals surface area contributed by atoms with Crippen molar-refractivity contribution >= 4 is 24.2 Å². The number of hydrogen-bond acceptors (Lipinski definition) is 2. The van der Waals surface area contributed by atoms with E-state index in [1.807, 2.05) is 0 Å². The molecule has 0 unspecified atom stereocenters. The van der Waals surface area contributed by atoms with Gasteiger partial charge in [-0.3, -0.25) is 4.79 Å². The summed E-state index contributed by atoms with van der Waals surface area (Å²) in [5.74, 6) is -2.48. The van der Waals surface area contributed by atoms with Crippen molar-refractivity contribution in [1.82, 2.24) is 0 Å². The van der Waals surface area contributed by atoms with Gasteiger partial charge in [0, 0.05) is 17.6 Å². The standard InChI is InChI=1S/C14H11F2NOS/c1-17(9-5-7-10(19)8-6-9)14(18)13-11(15)3-2-4-12(13)16/h2-8,19H,1H3. The highest BCUT2D eigenvalue weighted by Crippen LogP contribution is 2.20. The van der Waals surface area contributed by atoms with Crippen LogP contribution in [-0.2, 0) is 0 Å². The summed E-state index contributed by atoms with van der Waals surface area (Å²) in [6.07, 6.45) is 0. The molecule has 0 atom stereocenters. The lowest BCUT2D eigenvalue weighted by atomic mass is 10.1. The SMILES string of the molecule is CN(C(=O)c1c(F)cccc1F)c1ccc(S)cc1. The van der Waals surface area contributed by atoms with E-state index in [-0.39, 0.29) is 0 Å². The van der Waals surface area contributed by atoms with Crippen molar-refractivity contribution in [3.05, 3.63) is 59.7 Å². The van der Waals surface area contributed by atoms with E-state index in [0.29, 0.717) is 5.69 Å². The quantitative estimate of drug-likeness (QED) is 0.834. The van der Waals surface area contributed by atoms with Gasteiger partial charge < -0.3 is 4.90 Å². The van der Waals surface area contributed by atoms with E-state index in [1.165, 1.54) is 18.0 Å². The molecule has 0 aliphatic heterocycles. The van der Waals surface area contributed by atoms with Crippen LogP contribution in [0.3, 0.4) is 0 Å². The number of halogens is 2. The molecule has 0 saturated heterocycles. The number of anilines is 1. The van der Waals surface area contributed by atoms with Crippen LogP contribution < -0.4 is 4.90 Å². The smallest absolute Gasteiger partial charge is 0.263 e. The number of hydrogen-bond donors (Lipinski definition) is 1. The molecule has 0 aromatic heterocycles. The largest absolute Gasteiger partial charge is 0.311 e. The van der Waals surface area contributed by atoms with Gasteiger partial charge in [-0.25, -0.2) is 8.78 Å². The van der Waals surface area contributed by atoms with Gasteiger partial charge in [-0.05, 0) is 36.4 Å². The van der Waals surface area contributed by atoms with Crippen molar-refractivity contribution in [2.75, 3.05) is 11.9 Å². The third kappa shape index (κ3) is 2.76. The van der Waals surface area contributed by atoms with E-state index < -0.39 is 23.1 Å². The van der Waals surface area contributed by atoms with Gasteiger partial charge in [0.2, 0.25) is 0 Å². The Kier molecular flexibility index (Phi) is 3.85. The molecule has 0 radical (unpaired) electrons. The maximum atomic E-state index is 13.5. The predicted octanol–water partition coefficient (Wildman–Crippen LogP) is 3.53. The maximum Gasteiger partial charge on any atom is 0.263 e. The van der Waals surface area contributed by atoms with Crippen molar-refractivity contribution in [3.8, 4) is 0 Å². The van der Waals surface area contributed by atoms with Crippen molar-refractivity contribution in [1.29, 1.82) is 0 Å². The fourth-order valence-electron chi connectivity index (χ4n) is 1.66. The van der Waals surface area contributed by atoms with E-state index >= 15 is 0 Å². The molecule has 0 heterocycles. The number of thiol groups is 1. The first kappa shape index (κ1) is 13.5. The zero-order valence-corrected chi connectivity index (χ0v) is 11.0. The van der Waals surface area contributed by atoms with Crippen LogP contribution >= 0.6 is 12.6 Å². The van der Waals surface area contributed by atoms with Crippen LogP contribution in [0.25, 0.3) is 0 Å². The molecule has 0 spiro atoms. The molecule has 2 nitrogen and oxygen atoms in total. The first-order chi connectivity index (χ1) is 9.00. The molecule has 2 aromatic rings. The van der Waals surface area contributed by atoms with Crippen molar-refractivity contribution < 1.29 is 13.6 Å². The molecule has 0 bridgehead atoms. The average Bonchev–Trinajstić information content (AvgIpc) is 2.38. The van der Waals surface area contributed by atoms with Crippen molar-refractivity contribution in [3.63, 3.8) is 0 Å². The van der Waals surface area contributed by atoms with Gasteiger partial charge in [-0.2, -0.15) is 0 Å². The molecule has 0 fully saturated rings. The number of nitrogens with zero attached hydrogens (tertiary/aromatic N) is 1. The number of amides is 1. The van der Waals surface area contributed by atoms with Crippen LogP contribution in [-0.4, -0.2) is 13.0 Å². The Bertz CT molecular complexity index is 593. The van der Waals surface area contributed by atoms with Crippen LogP contribution in [0.1, 0.15) is 10.4 Å². The molecule has 0 saturated carbocycles. The lowest BCUT2D eigenvalue weighted by Gasteiger charge is -2.18. The van der Waals surface area contributed by atoms with Gasteiger partial charge in [0.05, 0.1) is 0 Å². The fourth-order valence-corrected chi connectivity index (χ4v) is 1.81. The predicted molar refractivity (Wildman–Crippen MR) is 72.8 cm³/mol. The Labute approximate surface area is 115 Å². The Hall–Kier alpha value is -1.88. The van der Waals surface area contributed by atoms with Crippen molar-refractivity contribution in [2.45, 2.75) is 4.90 Å². The highest BCUT2D eigenvalue weighted by atomic mass is 32.1. The van der Waals surface area contributed by atoms with E-state index in [2.05, 4.69) is 12.6 Å². The summed E-state index contributed by atoms with van der Waals surface area (Å²) < 4.78 is 27.1. The van der Waals surface area contributed by atoms with Crippen LogP contribution in [0.4, 0.5) is 14.5 Å². The Morgan fingerprint density at radius 1 is 1.05 bits per heavy atom. The lowest BCUT2D eigenvalue weighted by Crippen LogP contribution is -2.28. The van der Waals surface area contributed by atoms with E-state index in [1.54, 1.807) is 24.3 Å². The van der Waals surface area contributed by atoms with Gasteiger partial charge in [-0.15, -0.1) is 12.6 Å². The third-order valence-corrected chi connectivity index (χ3v) is 3.02. The molecule has 0 aliphatic carbocycles. The van der Waals surface area contributed by atoms with Gasteiger partial charge in [0.15, 0.2) is 0 Å². The number of carbonyl (C=O) groups excluding carboxylic acids is 1. The Morgan fingerprint density at radius 3 is 2.11 bits per heavy atom. The molecule has 98 valence electrons. The molecule has 0 aliphatic rings. The number of rotatable bonds is 2. The summed E-state index contributed by atoms with van der Waals surface area (Å²) in [7, 11) is 1.46. The average molecular weight is 279 g/mol. The van der Waals surface area contributed by atoms with Gasteiger partial charge in [0.1, 0.15) is 17.2 Å².